The number of pyridine rings is 2. The lowest BCUT2D eigenvalue weighted by molar-refractivity contribution is 0.384. The fraction of sp³-hybridized carbons (Fsp3) is 0.526. The molecule has 4 heterocycles. The van der Waals surface area contributed by atoms with Gasteiger partial charge in [0.05, 0.1) is 11.2 Å². The predicted octanol–water partition coefficient (Wildman–Crippen LogP) is 2.39. The van der Waals surface area contributed by atoms with Crippen LogP contribution in [0.5, 0.6) is 0 Å². The number of nitriles is 1. The first-order valence-corrected chi connectivity index (χ1v) is 9.16. The van der Waals surface area contributed by atoms with Crippen LogP contribution in [0.15, 0.2) is 16.9 Å². The molecule has 0 radical (unpaired) electrons. The summed E-state index contributed by atoms with van der Waals surface area (Å²) >= 11 is 0. The molecule has 2 aromatic rings. The quantitative estimate of drug-likeness (QED) is 0.912. The number of aromatic amines is 1. The van der Waals surface area contributed by atoms with E-state index in [2.05, 4.69) is 20.9 Å². The van der Waals surface area contributed by atoms with Gasteiger partial charge in [0.1, 0.15) is 23.0 Å². The third-order valence-electron chi connectivity index (χ3n) is 6.21. The first-order valence-electron chi connectivity index (χ1n) is 9.16. The zero-order valence-corrected chi connectivity index (χ0v) is 14.2. The Morgan fingerprint density at radius 2 is 1.84 bits per heavy atom. The number of fused-ring (bicyclic) bond motifs is 1. The third kappa shape index (κ3) is 2.30. The third-order valence-corrected chi connectivity index (χ3v) is 6.21. The second-order valence-corrected chi connectivity index (χ2v) is 7.68. The zero-order chi connectivity index (χ0) is 17.0. The van der Waals surface area contributed by atoms with Crippen LogP contribution in [-0.2, 0) is 0 Å². The number of hydrogen-bond donors (Lipinski definition) is 1. The maximum atomic E-state index is 12.4. The van der Waals surface area contributed by atoms with Gasteiger partial charge < -0.3 is 14.8 Å². The minimum atomic E-state index is -0.310. The van der Waals surface area contributed by atoms with Crippen molar-refractivity contribution in [2.24, 2.45) is 5.41 Å². The lowest BCUT2D eigenvalue weighted by Crippen LogP contribution is -2.38. The first-order chi connectivity index (χ1) is 12.2. The van der Waals surface area contributed by atoms with E-state index < -0.39 is 0 Å². The standard InChI is InChI=1S/C19H21N5O/c20-12-13-17(24-10-6-19(4-5-19)7-11-24)16-14(21-18(13)25)2-3-15(22-16)23-8-1-9-23/h2-3H,1,4-11H2,(H,21,25). The van der Waals surface area contributed by atoms with Gasteiger partial charge in [-0.2, -0.15) is 5.26 Å². The highest BCUT2D eigenvalue weighted by Gasteiger charge is 2.45. The summed E-state index contributed by atoms with van der Waals surface area (Å²) in [6, 6.07) is 6.01. The van der Waals surface area contributed by atoms with Crippen molar-refractivity contribution >= 4 is 22.5 Å². The highest BCUT2D eigenvalue weighted by atomic mass is 16.1. The number of H-pyrrole nitrogens is 1. The number of anilines is 2. The van der Waals surface area contributed by atoms with Crippen molar-refractivity contribution in [3.05, 3.63) is 28.0 Å². The zero-order valence-electron chi connectivity index (χ0n) is 14.2. The van der Waals surface area contributed by atoms with E-state index in [9.17, 15) is 10.1 Å². The minimum Gasteiger partial charge on any atom is -0.368 e. The Bertz CT molecular complexity index is 939. The van der Waals surface area contributed by atoms with Crippen LogP contribution in [0.3, 0.4) is 0 Å². The van der Waals surface area contributed by atoms with E-state index in [1.807, 2.05) is 12.1 Å². The molecule has 1 spiro atoms. The van der Waals surface area contributed by atoms with E-state index in [0.29, 0.717) is 5.41 Å². The molecule has 128 valence electrons. The largest absolute Gasteiger partial charge is 0.368 e. The Hall–Kier alpha value is -2.55. The number of aromatic nitrogens is 2. The Balaban J connectivity index is 1.65. The molecule has 3 aliphatic rings. The SMILES string of the molecule is N#Cc1c(N2CCC3(CC2)CC3)c2nc(N3CCC3)ccc2[nH]c1=O. The molecule has 2 saturated heterocycles. The van der Waals surface area contributed by atoms with Crippen molar-refractivity contribution in [2.75, 3.05) is 36.0 Å². The maximum Gasteiger partial charge on any atom is 0.268 e. The van der Waals surface area contributed by atoms with Gasteiger partial charge in [0.25, 0.3) is 5.56 Å². The maximum absolute atomic E-state index is 12.4. The van der Waals surface area contributed by atoms with Crippen LogP contribution in [0.1, 0.15) is 37.7 Å². The van der Waals surface area contributed by atoms with Crippen molar-refractivity contribution in [1.29, 1.82) is 5.26 Å². The summed E-state index contributed by atoms with van der Waals surface area (Å²) in [5, 5.41) is 9.61. The Labute approximate surface area is 146 Å². The molecule has 0 atom stereocenters. The molecule has 1 N–H and O–H groups in total. The monoisotopic (exact) mass is 335 g/mol. The molecule has 5 rings (SSSR count). The van der Waals surface area contributed by atoms with Gasteiger partial charge in [-0.3, -0.25) is 4.79 Å². The van der Waals surface area contributed by atoms with Crippen molar-refractivity contribution in [2.45, 2.75) is 32.1 Å². The number of hydrogen-bond acceptors (Lipinski definition) is 5. The number of rotatable bonds is 2. The summed E-state index contributed by atoms with van der Waals surface area (Å²) in [5.41, 5.74) is 2.65. The van der Waals surface area contributed by atoms with E-state index >= 15 is 0 Å². The van der Waals surface area contributed by atoms with Gasteiger partial charge in [-0.05, 0) is 49.7 Å². The van der Waals surface area contributed by atoms with E-state index in [1.54, 1.807) is 0 Å². The molecular weight excluding hydrogens is 314 g/mol. The molecule has 2 aromatic heterocycles. The van der Waals surface area contributed by atoms with Crippen molar-refractivity contribution in [3.63, 3.8) is 0 Å². The Morgan fingerprint density at radius 1 is 1.08 bits per heavy atom. The lowest BCUT2D eigenvalue weighted by Gasteiger charge is -2.35. The van der Waals surface area contributed by atoms with Crippen molar-refractivity contribution in [1.82, 2.24) is 9.97 Å². The molecular formula is C19H21N5O. The van der Waals surface area contributed by atoms with Crippen LogP contribution in [0.2, 0.25) is 0 Å². The molecule has 25 heavy (non-hydrogen) atoms. The summed E-state index contributed by atoms with van der Waals surface area (Å²) in [4.78, 5) is 24.5. The molecule has 6 heteroatoms. The van der Waals surface area contributed by atoms with Gasteiger partial charge in [0.2, 0.25) is 0 Å². The second-order valence-electron chi connectivity index (χ2n) is 7.68. The van der Waals surface area contributed by atoms with Gasteiger partial charge in [0, 0.05) is 26.2 Å². The van der Waals surface area contributed by atoms with Crippen LogP contribution < -0.4 is 15.4 Å². The number of nitrogens with one attached hydrogen (secondary N) is 1. The van der Waals surface area contributed by atoms with E-state index in [0.717, 1.165) is 61.6 Å². The van der Waals surface area contributed by atoms with E-state index in [1.165, 1.54) is 19.3 Å². The number of piperidine rings is 1. The van der Waals surface area contributed by atoms with E-state index in [4.69, 9.17) is 4.98 Å². The summed E-state index contributed by atoms with van der Waals surface area (Å²) in [5.74, 6) is 0.937. The summed E-state index contributed by atoms with van der Waals surface area (Å²) in [6.07, 6.45) is 6.16. The van der Waals surface area contributed by atoms with Gasteiger partial charge in [0.15, 0.2) is 0 Å². The average Bonchev–Trinajstić information content (AvgIpc) is 3.32. The van der Waals surface area contributed by atoms with Gasteiger partial charge >= 0.3 is 0 Å². The molecule has 0 bridgehead atoms. The molecule has 6 nitrogen and oxygen atoms in total. The van der Waals surface area contributed by atoms with E-state index in [-0.39, 0.29) is 11.1 Å². The van der Waals surface area contributed by atoms with Crippen LogP contribution in [-0.4, -0.2) is 36.1 Å². The first kappa shape index (κ1) is 14.8. The second kappa shape index (κ2) is 5.22. The van der Waals surface area contributed by atoms with Crippen molar-refractivity contribution < 1.29 is 0 Å². The molecule has 2 aliphatic heterocycles. The number of nitrogens with zero attached hydrogens (tertiary/aromatic N) is 4. The molecule has 3 fully saturated rings. The minimum absolute atomic E-state index is 0.201. The topological polar surface area (TPSA) is 76.0 Å². The van der Waals surface area contributed by atoms with Crippen LogP contribution in [0, 0.1) is 16.7 Å². The summed E-state index contributed by atoms with van der Waals surface area (Å²) < 4.78 is 0. The van der Waals surface area contributed by atoms with Gasteiger partial charge in [-0.25, -0.2) is 4.98 Å². The van der Waals surface area contributed by atoms with Crippen LogP contribution in [0.4, 0.5) is 11.5 Å². The average molecular weight is 335 g/mol. The summed E-state index contributed by atoms with van der Waals surface area (Å²) in [6.45, 7) is 3.86. The Morgan fingerprint density at radius 3 is 2.44 bits per heavy atom. The molecule has 0 aromatic carbocycles. The highest BCUT2D eigenvalue weighted by Crippen LogP contribution is 2.54. The summed E-state index contributed by atoms with van der Waals surface area (Å²) in [7, 11) is 0. The highest BCUT2D eigenvalue weighted by molar-refractivity contribution is 5.92. The Kier molecular flexibility index (Phi) is 3.08. The fourth-order valence-electron chi connectivity index (χ4n) is 4.16. The molecule has 0 unspecified atom stereocenters. The van der Waals surface area contributed by atoms with Crippen LogP contribution >= 0.6 is 0 Å². The van der Waals surface area contributed by atoms with Gasteiger partial charge in [-0.1, -0.05) is 0 Å². The van der Waals surface area contributed by atoms with Crippen molar-refractivity contribution in [3.8, 4) is 6.07 Å². The fourth-order valence-corrected chi connectivity index (χ4v) is 4.16. The molecule has 1 aliphatic carbocycles. The van der Waals surface area contributed by atoms with Gasteiger partial charge in [-0.15, -0.1) is 0 Å². The van der Waals surface area contributed by atoms with Crippen LogP contribution in [0.25, 0.3) is 11.0 Å². The lowest BCUT2D eigenvalue weighted by atomic mass is 9.93. The smallest absolute Gasteiger partial charge is 0.268 e. The molecule has 0 amide bonds. The predicted molar refractivity (Wildman–Crippen MR) is 97.0 cm³/mol. The normalized spacial score (nSPS) is 21.2. The molecule has 1 saturated carbocycles.